The smallest absolute Gasteiger partial charge is 0.405 e. The Bertz CT molecular complexity index is 815. The molecule has 2 rings (SSSR count). The van der Waals surface area contributed by atoms with Crippen molar-refractivity contribution in [3.05, 3.63) is 29.3 Å². The average Bonchev–Trinajstić information content (AvgIpc) is 2.64. The zero-order chi connectivity index (χ0) is 20.9. The van der Waals surface area contributed by atoms with E-state index in [4.69, 9.17) is 16.3 Å². The molecular weight excluding hydrogens is 425 g/mol. The van der Waals surface area contributed by atoms with Crippen molar-refractivity contribution in [1.29, 1.82) is 0 Å². The quantitative estimate of drug-likeness (QED) is 0.680. The van der Waals surface area contributed by atoms with E-state index in [-0.39, 0.29) is 18.0 Å². The van der Waals surface area contributed by atoms with E-state index in [1.165, 1.54) is 24.3 Å². The third-order valence-corrected chi connectivity index (χ3v) is 6.13. The van der Waals surface area contributed by atoms with Crippen LogP contribution in [-0.4, -0.2) is 57.0 Å². The van der Waals surface area contributed by atoms with Gasteiger partial charge in [-0.15, -0.1) is 0 Å². The molecule has 1 N–H and O–H groups in total. The van der Waals surface area contributed by atoms with Gasteiger partial charge in [-0.1, -0.05) is 11.6 Å². The molecule has 1 amide bonds. The minimum atomic E-state index is -4.57. The summed E-state index contributed by atoms with van der Waals surface area (Å²) in [5, 5.41) is 1.96. The lowest BCUT2D eigenvalue weighted by Gasteiger charge is -2.30. The lowest BCUT2D eigenvalue weighted by molar-refractivity contribution is -0.155. The highest BCUT2D eigenvalue weighted by atomic mass is 35.5. The molecule has 1 atom stereocenters. The molecule has 1 aromatic carbocycles. The molecule has 28 heavy (non-hydrogen) atoms. The standard InChI is InChI=1S/C16H18ClF3N2O5S/c17-12-3-5-13(6-4-12)28(25,26)22-7-1-2-11(8-22)15(24)27-9-14(23)21-10-16(18,19)20/h3-6,11H,1-2,7-10H2,(H,21,23). The van der Waals surface area contributed by atoms with Crippen LogP contribution < -0.4 is 5.32 Å². The minimum absolute atomic E-state index is 0.0254. The van der Waals surface area contributed by atoms with Gasteiger partial charge in [0, 0.05) is 18.1 Å². The first-order valence-electron chi connectivity index (χ1n) is 8.25. The Balaban J connectivity index is 1.92. The summed E-state index contributed by atoms with van der Waals surface area (Å²) >= 11 is 5.76. The van der Waals surface area contributed by atoms with Gasteiger partial charge in [0.1, 0.15) is 6.54 Å². The topological polar surface area (TPSA) is 92.8 Å². The molecule has 1 fully saturated rings. The Morgan fingerprint density at radius 2 is 1.89 bits per heavy atom. The fraction of sp³-hybridized carbons (Fsp3) is 0.500. The van der Waals surface area contributed by atoms with Crippen LogP contribution in [0.4, 0.5) is 13.2 Å². The number of piperidine rings is 1. The Labute approximate surface area is 164 Å². The number of nitrogens with zero attached hydrogens (tertiary/aromatic N) is 1. The van der Waals surface area contributed by atoms with Crippen LogP contribution in [0.5, 0.6) is 0 Å². The van der Waals surface area contributed by atoms with Crippen molar-refractivity contribution < 1.29 is 35.9 Å². The van der Waals surface area contributed by atoms with Gasteiger partial charge in [-0.3, -0.25) is 9.59 Å². The molecule has 156 valence electrons. The monoisotopic (exact) mass is 442 g/mol. The highest BCUT2D eigenvalue weighted by Gasteiger charge is 2.34. The Hall–Kier alpha value is -1.85. The fourth-order valence-corrected chi connectivity index (χ4v) is 4.26. The fourth-order valence-electron chi connectivity index (χ4n) is 2.61. The van der Waals surface area contributed by atoms with E-state index in [1.807, 2.05) is 0 Å². The number of hydrogen-bond donors (Lipinski definition) is 1. The zero-order valence-corrected chi connectivity index (χ0v) is 16.1. The number of sulfonamides is 1. The zero-order valence-electron chi connectivity index (χ0n) is 14.5. The highest BCUT2D eigenvalue weighted by Crippen LogP contribution is 2.25. The van der Waals surface area contributed by atoms with Gasteiger partial charge >= 0.3 is 12.1 Å². The predicted molar refractivity (Wildman–Crippen MR) is 93.0 cm³/mol. The molecule has 0 aliphatic carbocycles. The number of nitrogens with one attached hydrogen (secondary N) is 1. The SMILES string of the molecule is O=C(COC(=O)C1CCCN(S(=O)(=O)c2ccc(Cl)cc2)C1)NCC(F)(F)F. The predicted octanol–water partition coefficient (Wildman–Crippen LogP) is 1.96. The molecule has 7 nitrogen and oxygen atoms in total. The van der Waals surface area contributed by atoms with Gasteiger partial charge in [0.05, 0.1) is 10.8 Å². The molecule has 1 aromatic rings. The molecule has 0 saturated carbocycles. The summed E-state index contributed by atoms with van der Waals surface area (Å²) in [5.74, 6) is -2.74. The maximum absolute atomic E-state index is 12.7. The molecule has 1 saturated heterocycles. The van der Waals surface area contributed by atoms with Crippen LogP contribution in [0.2, 0.25) is 5.02 Å². The number of hydrogen-bond acceptors (Lipinski definition) is 5. The van der Waals surface area contributed by atoms with Crippen LogP contribution in [-0.2, 0) is 24.3 Å². The van der Waals surface area contributed by atoms with Crippen molar-refractivity contribution >= 4 is 33.5 Å². The number of alkyl halides is 3. The molecule has 1 heterocycles. The van der Waals surface area contributed by atoms with E-state index in [0.717, 1.165) is 4.31 Å². The molecule has 0 radical (unpaired) electrons. The minimum Gasteiger partial charge on any atom is -0.455 e. The van der Waals surface area contributed by atoms with Crippen LogP contribution >= 0.6 is 11.6 Å². The van der Waals surface area contributed by atoms with E-state index in [9.17, 15) is 31.2 Å². The molecular formula is C16H18ClF3N2O5S. The van der Waals surface area contributed by atoms with Crippen molar-refractivity contribution in [2.24, 2.45) is 5.92 Å². The first-order chi connectivity index (χ1) is 13.0. The summed E-state index contributed by atoms with van der Waals surface area (Å²) < 4.78 is 67.3. The number of ether oxygens (including phenoxy) is 1. The van der Waals surface area contributed by atoms with E-state index in [2.05, 4.69) is 0 Å². The van der Waals surface area contributed by atoms with Crippen molar-refractivity contribution in [3.8, 4) is 0 Å². The Morgan fingerprint density at radius 3 is 2.50 bits per heavy atom. The summed E-state index contributed by atoms with van der Waals surface area (Å²) in [6, 6.07) is 5.57. The highest BCUT2D eigenvalue weighted by molar-refractivity contribution is 7.89. The van der Waals surface area contributed by atoms with Crippen LogP contribution in [0.25, 0.3) is 0 Å². The van der Waals surface area contributed by atoms with E-state index >= 15 is 0 Å². The van der Waals surface area contributed by atoms with Crippen LogP contribution in [0.15, 0.2) is 29.2 Å². The number of esters is 1. The van der Waals surface area contributed by atoms with Crippen molar-refractivity contribution in [2.75, 3.05) is 26.2 Å². The Morgan fingerprint density at radius 1 is 1.25 bits per heavy atom. The van der Waals surface area contributed by atoms with Gasteiger partial charge in [0.2, 0.25) is 10.0 Å². The summed E-state index contributed by atoms with van der Waals surface area (Å²) in [6.45, 7) is -2.33. The third-order valence-electron chi connectivity index (χ3n) is 4.00. The summed E-state index contributed by atoms with van der Waals surface area (Å²) in [6.07, 6.45) is -3.83. The van der Waals surface area contributed by atoms with E-state index in [1.54, 1.807) is 5.32 Å². The summed E-state index contributed by atoms with van der Waals surface area (Å²) in [4.78, 5) is 23.4. The molecule has 0 aromatic heterocycles. The second-order valence-electron chi connectivity index (χ2n) is 6.16. The Kier molecular flexibility index (Phi) is 7.29. The molecule has 0 bridgehead atoms. The largest absolute Gasteiger partial charge is 0.455 e. The average molecular weight is 443 g/mol. The summed E-state index contributed by atoms with van der Waals surface area (Å²) in [5.41, 5.74) is 0. The maximum Gasteiger partial charge on any atom is 0.405 e. The van der Waals surface area contributed by atoms with Crippen LogP contribution in [0.3, 0.4) is 0 Å². The first-order valence-corrected chi connectivity index (χ1v) is 10.1. The number of amides is 1. The third kappa shape index (κ3) is 6.35. The van der Waals surface area contributed by atoms with Gasteiger partial charge in [-0.2, -0.15) is 17.5 Å². The molecule has 1 aliphatic heterocycles. The number of carbonyl (C=O) groups is 2. The van der Waals surface area contributed by atoms with E-state index in [0.29, 0.717) is 17.9 Å². The lowest BCUT2D eigenvalue weighted by atomic mass is 10.00. The van der Waals surface area contributed by atoms with Gasteiger partial charge in [0.15, 0.2) is 6.61 Å². The number of rotatable bonds is 6. The van der Waals surface area contributed by atoms with Gasteiger partial charge in [-0.05, 0) is 37.1 Å². The van der Waals surface area contributed by atoms with Crippen LogP contribution in [0.1, 0.15) is 12.8 Å². The van der Waals surface area contributed by atoms with Gasteiger partial charge in [0.25, 0.3) is 5.91 Å². The normalized spacial score (nSPS) is 18.5. The van der Waals surface area contributed by atoms with E-state index < -0.39 is 47.1 Å². The second kappa shape index (κ2) is 9.10. The lowest BCUT2D eigenvalue weighted by Crippen LogP contribution is -2.43. The molecule has 0 spiro atoms. The summed E-state index contributed by atoms with van der Waals surface area (Å²) in [7, 11) is -3.84. The number of benzene rings is 1. The molecule has 1 aliphatic rings. The maximum atomic E-state index is 12.7. The van der Waals surface area contributed by atoms with Gasteiger partial charge in [-0.25, -0.2) is 8.42 Å². The first kappa shape index (κ1) is 22.4. The second-order valence-corrected chi connectivity index (χ2v) is 8.53. The van der Waals surface area contributed by atoms with Crippen molar-refractivity contribution in [3.63, 3.8) is 0 Å². The van der Waals surface area contributed by atoms with Crippen molar-refractivity contribution in [1.82, 2.24) is 9.62 Å². The van der Waals surface area contributed by atoms with Crippen LogP contribution in [0, 0.1) is 5.92 Å². The molecule has 1 unspecified atom stereocenters. The molecule has 12 heteroatoms. The van der Waals surface area contributed by atoms with Crippen molar-refractivity contribution in [2.45, 2.75) is 23.9 Å². The number of halogens is 4. The number of carbonyl (C=O) groups excluding carboxylic acids is 2. The van der Waals surface area contributed by atoms with Gasteiger partial charge < -0.3 is 10.1 Å².